The molecule has 0 aromatic rings. The summed E-state index contributed by atoms with van der Waals surface area (Å²) in [6, 6.07) is 0. The Balaban J connectivity index is 1.84. The molecule has 2 saturated carbocycles. The molecule has 2 bridgehead atoms. The number of carbonyl (C=O) groups is 2. The summed E-state index contributed by atoms with van der Waals surface area (Å²) in [5.74, 6) is -3.12. The number of rotatable bonds is 1. The molecular formula is C13H16O6. The van der Waals surface area contributed by atoms with E-state index in [0.717, 1.165) is 12.8 Å². The first-order chi connectivity index (χ1) is 9.08. The fourth-order valence-electron chi connectivity index (χ4n) is 4.66. The quantitative estimate of drug-likeness (QED) is 0.699. The van der Waals surface area contributed by atoms with Crippen LogP contribution in [-0.4, -0.2) is 42.1 Å². The molecule has 2 spiro atoms. The summed E-state index contributed by atoms with van der Waals surface area (Å²) in [4.78, 5) is 23.9. The third kappa shape index (κ3) is 1.24. The molecule has 104 valence electrons. The van der Waals surface area contributed by atoms with Gasteiger partial charge >= 0.3 is 11.9 Å². The first-order valence-corrected chi connectivity index (χ1v) is 6.80. The van der Waals surface area contributed by atoms with E-state index in [2.05, 4.69) is 0 Å². The minimum atomic E-state index is -0.944. The number of fused-ring (bicyclic) bond motifs is 2. The average molecular weight is 268 g/mol. The lowest BCUT2D eigenvalue weighted by Gasteiger charge is -2.38. The van der Waals surface area contributed by atoms with Gasteiger partial charge in [0.1, 0.15) is 6.10 Å². The van der Waals surface area contributed by atoms with Crippen LogP contribution in [0, 0.1) is 17.3 Å². The van der Waals surface area contributed by atoms with Gasteiger partial charge in [0.05, 0.1) is 24.5 Å². The molecule has 0 amide bonds. The van der Waals surface area contributed by atoms with Crippen LogP contribution in [0.5, 0.6) is 0 Å². The number of hydrogen-bond donors (Lipinski definition) is 1. The molecule has 6 heteroatoms. The normalized spacial score (nSPS) is 46.3. The highest BCUT2D eigenvalue weighted by Gasteiger charge is 2.74. The molecule has 6 nitrogen and oxygen atoms in total. The molecule has 2 aliphatic carbocycles. The first-order valence-electron chi connectivity index (χ1n) is 6.80. The molecule has 2 heterocycles. The van der Waals surface area contributed by atoms with Crippen LogP contribution in [-0.2, 0) is 23.8 Å². The van der Waals surface area contributed by atoms with Crippen LogP contribution < -0.4 is 0 Å². The van der Waals surface area contributed by atoms with Gasteiger partial charge in [0.2, 0.25) is 0 Å². The lowest BCUT2D eigenvalue weighted by atomic mass is 9.64. The molecule has 4 fully saturated rings. The number of carboxylic acids is 1. The van der Waals surface area contributed by atoms with Gasteiger partial charge in [-0.05, 0) is 12.8 Å². The SMILES string of the molecule is O=C(O)[C@@H]1CC2(OCCO2)[C@H]2CC[C@@H]3C[C@]21C(=O)O3. The van der Waals surface area contributed by atoms with Crippen LogP contribution in [0.4, 0.5) is 0 Å². The van der Waals surface area contributed by atoms with E-state index in [1.54, 1.807) is 0 Å². The molecule has 0 aromatic heterocycles. The van der Waals surface area contributed by atoms with Gasteiger partial charge in [0.25, 0.3) is 0 Å². The highest BCUT2D eigenvalue weighted by atomic mass is 16.7. The second kappa shape index (κ2) is 3.49. The van der Waals surface area contributed by atoms with Crippen molar-refractivity contribution in [1.29, 1.82) is 0 Å². The Labute approximate surface area is 110 Å². The molecule has 2 saturated heterocycles. The van der Waals surface area contributed by atoms with Gasteiger partial charge in [-0.15, -0.1) is 0 Å². The van der Waals surface area contributed by atoms with Crippen LogP contribution in [0.25, 0.3) is 0 Å². The molecule has 0 radical (unpaired) electrons. The summed E-state index contributed by atoms with van der Waals surface area (Å²) in [7, 11) is 0. The van der Waals surface area contributed by atoms with E-state index < -0.39 is 23.1 Å². The number of esters is 1. The number of carboxylic acid groups (broad SMARTS) is 1. The van der Waals surface area contributed by atoms with Gasteiger partial charge < -0.3 is 19.3 Å². The van der Waals surface area contributed by atoms with Crippen molar-refractivity contribution in [3.8, 4) is 0 Å². The van der Waals surface area contributed by atoms with Crippen molar-refractivity contribution in [2.45, 2.75) is 37.6 Å². The monoisotopic (exact) mass is 268 g/mol. The number of ether oxygens (including phenoxy) is 3. The van der Waals surface area contributed by atoms with Crippen molar-refractivity contribution in [2.24, 2.45) is 17.3 Å². The average Bonchev–Trinajstić information content (AvgIpc) is 3.01. The lowest BCUT2D eigenvalue weighted by molar-refractivity contribution is -0.198. The summed E-state index contributed by atoms with van der Waals surface area (Å²) in [6.45, 7) is 0.939. The van der Waals surface area contributed by atoms with Crippen molar-refractivity contribution < 1.29 is 28.9 Å². The maximum Gasteiger partial charge on any atom is 0.313 e. The Morgan fingerprint density at radius 1 is 1.21 bits per heavy atom. The van der Waals surface area contributed by atoms with E-state index in [1.165, 1.54) is 0 Å². The first kappa shape index (κ1) is 11.7. The van der Waals surface area contributed by atoms with Crippen molar-refractivity contribution in [1.82, 2.24) is 0 Å². The number of hydrogen-bond acceptors (Lipinski definition) is 5. The van der Waals surface area contributed by atoms with E-state index in [9.17, 15) is 14.7 Å². The van der Waals surface area contributed by atoms with Crippen LogP contribution in [0.15, 0.2) is 0 Å². The second-order valence-corrected chi connectivity index (χ2v) is 6.01. The topological polar surface area (TPSA) is 82.1 Å². The standard InChI is InChI=1S/C13H16O6/c14-10(15)8-6-13(17-3-4-18-13)9-2-1-7-5-12(8,9)11(16)19-7/h7-9H,1-6H2,(H,14,15)/t7-,8+,9+,12-/m1/s1. The van der Waals surface area contributed by atoms with Crippen LogP contribution in [0.2, 0.25) is 0 Å². The van der Waals surface area contributed by atoms with Gasteiger partial charge in [-0.3, -0.25) is 9.59 Å². The second-order valence-electron chi connectivity index (χ2n) is 6.01. The van der Waals surface area contributed by atoms with Gasteiger partial charge in [0.15, 0.2) is 5.79 Å². The Morgan fingerprint density at radius 2 is 1.95 bits per heavy atom. The molecule has 1 N–H and O–H groups in total. The van der Waals surface area contributed by atoms with Gasteiger partial charge in [-0.25, -0.2) is 0 Å². The molecular weight excluding hydrogens is 252 g/mol. The summed E-state index contributed by atoms with van der Waals surface area (Å²) in [6.07, 6.45) is 2.15. The largest absolute Gasteiger partial charge is 0.481 e. The van der Waals surface area contributed by atoms with Gasteiger partial charge in [0, 0.05) is 18.8 Å². The van der Waals surface area contributed by atoms with Crippen molar-refractivity contribution in [2.75, 3.05) is 13.2 Å². The molecule has 4 atom stereocenters. The van der Waals surface area contributed by atoms with Gasteiger partial charge in [-0.2, -0.15) is 0 Å². The van der Waals surface area contributed by atoms with E-state index in [-0.39, 0.29) is 24.4 Å². The third-order valence-electron chi connectivity index (χ3n) is 5.33. The highest BCUT2D eigenvalue weighted by molar-refractivity contribution is 5.88. The smallest absolute Gasteiger partial charge is 0.313 e. The number of aliphatic carboxylic acids is 1. The zero-order chi connectivity index (χ0) is 13.3. The number of carbonyl (C=O) groups excluding carboxylic acids is 1. The summed E-state index contributed by atoms with van der Waals surface area (Å²) in [5.41, 5.74) is -0.931. The molecule has 0 aromatic carbocycles. The Kier molecular flexibility index (Phi) is 2.14. The Bertz CT molecular complexity index is 454. The molecule has 2 aliphatic heterocycles. The third-order valence-corrected chi connectivity index (χ3v) is 5.33. The lowest BCUT2D eigenvalue weighted by Crippen LogP contribution is -2.46. The fourth-order valence-corrected chi connectivity index (χ4v) is 4.66. The predicted molar refractivity (Wildman–Crippen MR) is 60.0 cm³/mol. The Hall–Kier alpha value is -1.14. The molecule has 4 aliphatic rings. The minimum Gasteiger partial charge on any atom is -0.481 e. The molecule has 4 rings (SSSR count). The van der Waals surface area contributed by atoms with Crippen molar-refractivity contribution in [3.63, 3.8) is 0 Å². The fraction of sp³-hybridized carbons (Fsp3) is 0.846. The van der Waals surface area contributed by atoms with E-state index >= 15 is 0 Å². The highest BCUT2D eigenvalue weighted by Crippen LogP contribution is 2.65. The van der Waals surface area contributed by atoms with Crippen molar-refractivity contribution in [3.05, 3.63) is 0 Å². The maximum absolute atomic E-state index is 12.3. The predicted octanol–water partition coefficient (Wildman–Crippen LogP) is 0.546. The molecule has 0 unspecified atom stereocenters. The van der Waals surface area contributed by atoms with E-state index in [0.29, 0.717) is 19.6 Å². The van der Waals surface area contributed by atoms with Crippen LogP contribution >= 0.6 is 0 Å². The van der Waals surface area contributed by atoms with Crippen molar-refractivity contribution >= 4 is 11.9 Å². The van der Waals surface area contributed by atoms with E-state index in [1.807, 2.05) is 0 Å². The van der Waals surface area contributed by atoms with E-state index in [4.69, 9.17) is 14.2 Å². The zero-order valence-electron chi connectivity index (χ0n) is 10.5. The zero-order valence-corrected chi connectivity index (χ0v) is 10.5. The maximum atomic E-state index is 12.3. The summed E-state index contributed by atoms with van der Waals surface area (Å²) >= 11 is 0. The van der Waals surface area contributed by atoms with Gasteiger partial charge in [-0.1, -0.05) is 0 Å². The minimum absolute atomic E-state index is 0.123. The Morgan fingerprint density at radius 3 is 2.63 bits per heavy atom. The molecule has 19 heavy (non-hydrogen) atoms. The van der Waals surface area contributed by atoms with Crippen LogP contribution in [0.1, 0.15) is 25.7 Å². The summed E-state index contributed by atoms with van der Waals surface area (Å²) in [5, 5.41) is 9.51. The van der Waals surface area contributed by atoms with Crippen LogP contribution in [0.3, 0.4) is 0 Å². The summed E-state index contributed by atoms with van der Waals surface area (Å²) < 4.78 is 16.9.